The molecule has 2 saturated heterocycles. The first-order chi connectivity index (χ1) is 14.6. The molecule has 1 unspecified atom stereocenters. The molecule has 12 heteroatoms. The molecule has 2 fully saturated rings. The van der Waals surface area contributed by atoms with Crippen molar-refractivity contribution in [2.45, 2.75) is 37.0 Å². The number of pyridine rings is 1. The second kappa shape index (κ2) is 9.53. The molecule has 1 spiro atoms. The van der Waals surface area contributed by atoms with Crippen molar-refractivity contribution in [1.82, 2.24) is 14.9 Å². The van der Waals surface area contributed by atoms with Crippen molar-refractivity contribution in [1.29, 1.82) is 0 Å². The lowest BCUT2D eigenvalue weighted by Crippen LogP contribution is -2.60. The summed E-state index contributed by atoms with van der Waals surface area (Å²) in [5.74, 6) is -1.71. The van der Waals surface area contributed by atoms with Crippen LogP contribution < -0.4 is 0 Å². The van der Waals surface area contributed by atoms with Gasteiger partial charge < -0.3 is 14.7 Å². The maximum atomic E-state index is 12.3. The lowest BCUT2D eigenvalue weighted by Gasteiger charge is -2.47. The Bertz CT molecular complexity index is 918. The molecule has 1 N–H and O–H groups in total. The van der Waals surface area contributed by atoms with E-state index < -0.39 is 12.1 Å². The fraction of sp³-hybridized carbons (Fsp3) is 0.474. The number of rotatable bonds is 4. The summed E-state index contributed by atoms with van der Waals surface area (Å²) in [5, 5.41) is 8.94. The van der Waals surface area contributed by atoms with E-state index in [9.17, 15) is 18.0 Å². The molecule has 4 rings (SSSR count). The van der Waals surface area contributed by atoms with Crippen LogP contribution >= 0.6 is 23.1 Å². The summed E-state index contributed by atoms with van der Waals surface area (Å²) >= 11 is 3.40. The Kier molecular flexibility index (Phi) is 7.22. The molecule has 0 aromatic carbocycles. The Labute approximate surface area is 184 Å². The molecule has 2 aromatic heterocycles. The maximum Gasteiger partial charge on any atom is 0.490 e. The third-order valence-electron chi connectivity index (χ3n) is 4.73. The van der Waals surface area contributed by atoms with Gasteiger partial charge in [-0.3, -0.25) is 9.78 Å². The minimum Gasteiger partial charge on any atom is -0.475 e. The fourth-order valence-electron chi connectivity index (χ4n) is 3.29. The minimum atomic E-state index is -5.08. The normalized spacial score (nSPS) is 19.5. The van der Waals surface area contributed by atoms with Gasteiger partial charge in [-0.2, -0.15) is 13.2 Å². The number of carbonyl (C=O) groups is 2. The number of hydrogen-bond donors (Lipinski definition) is 1. The van der Waals surface area contributed by atoms with Crippen LogP contribution in [0.15, 0.2) is 29.1 Å². The number of thioether (sulfide) groups is 1. The molecule has 0 bridgehead atoms. The van der Waals surface area contributed by atoms with Crippen LogP contribution in [-0.4, -0.2) is 67.7 Å². The average Bonchev–Trinajstić information content (AvgIpc) is 3.35. The van der Waals surface area contributed by atoms with Gasteiger partial charge in [0.2, 0.25) is 0 Å². The SMILES string of the molecule is Cc1cccc(COC2CSC3(C2)CN(C(=O)c2cscn2)C3)n1.O=C(O)C(F)(F)F. The van der Waals surface area contributed by atoms with Gasteiger partial charge >= 0.3 is 12.1 Å². The quantitative estimate of drug-likeness (QED) is 0.725. The summed E-state index contributed by atoms with van der Waals surface area (Å²) in [7, 11) is 0. The molecule has 0 radical (unpaired) electrons. The molecule has 0 saturated carbocycles. The summed E-state index contributed by atoms with van der Waals surface area (Å²) in [5.41, 5.74) is 4.27. The number of amides is 1. The van der Waals surface area contributed by atoms with Gasteiger partial charge in [0.1, 0.15) is 5.69 Å². The summed E-state index contributed by atoms with van der Waals surface area (Å²) in [6.45, 7) is 4.16. The lowest BCUT2D eigenvalue weighted by molar-refractivity contribution is -0.192. The third kappa shape index (κ3) is 6.17. The van der Waals surface area contributed by atoms with Crippen LogP contribution in [0, 0.1) is 6.92 Å². The van der Waals surface area contributed by atoms with Gasteiger partial charge in [-0.1, -0.05) is 6.07 Å². The number of likely N-dealkylation sites (tertiary alicyclic amines) is 1. The van der Waals surface area contributed by atoms with Crippen LogP contribution in [0.3, 0.4) is 0 Å². The van der Waals surface area contributed by atoms with Crippen molar-refractivity contribution in [3.8, 4) is 0 Å². The molecule has 4 heterocycles. The van der Waals surface area contributed by atoms with Gasteiger partial charge in [0.25, 0.3) is 5.91 Å². The molecule has 1 amide bonds. The van der Waals surface area contributed by atoms with Crippen molar-refractivity contribution in [3.05, 3.63) is 46.2 Å². The van der Waals surface area contributed by atoms with Gasteiger partial charge in [0.05, 0.1) is 28.7 Å². The highest BCUT2D eigenvalue weighted by atomic mass is 32.2. The molecule has 2 aliphatic rings. The van der Waals surface area contributed by atoms with Crippen LogP contribution in [0.25, 0.3) is 0 Å². The van der Waals surface area contributed by atoms with E-state index in [0.29, 0.717) is 12.3 Å². The van der Waals surface area contributed by atoms with Crippen molar-refractivity contribution in [2.75, 3.05) is 18.8 Å². The molecule has 168 valence electrons. The molecule has 1 atom stereocenters. The van der Waals surface area contributed by atoms with E-state index in [1.807, 2.05) is 47.2 Å². The Morgan fingerprint density at radius 2 is 2.06 bits per heavy atom. The zero-order valence-electron chi connectivity index (χ0n) is 16.5. The number of hydrogen-bond acceptors (Lipinski definition) is 7. The average molecular weight is 476 g/mol. The van der Waals surface area contributed by atoms with E-state index in [1.54, 1.807) is 5.51 Å². The van der Waals surface area contributed by atoms with E-state index >= 15 is 0 Å². The predicted molar refractivity (Wildman–Crippen MR) is 109 cm³/mol. The first-order valence-corrected chi connectivity index (χ1v) is 11.2. The van der Waals surface area contributed by atoms with E-state index in [0.717, 1.165) is 36.7 Å². The standard InChI is InChI=1S/C17H19N3O2S2.C2HF3O2/c1-12-3-2-4-13(19-12)6-22-14-5-17(24-7-14)9-20(10-17)16(21)15-8-23-11-18-15;3-2(4,5)1(6)7/h2-4,8,11,14H,5-7,9-10H2,1H3;(H,6,7). The second-order valence-corrected chi connectivity index (χ2v) is 9.45. The third-order valence-corrected chi connectivity index (χ3v) is 6.89. The molecule has 7 nitrogen and oxygen atoms in total. The Hall–Kier alpha value is -2.18. The number of aromatic nitrogens is 2. The lowest BCUT2D eigenvalue weighted by atomic mass is 9.92. The van der Waals surface area contributed by atoms with Crippen LogP contribution in [0.2, 0.25) is 0 Å². The molecular formula is C19H20F3N3O4S2. The Morgan fingerprint density at radius 1 is 1.35 bits per heavy atom. The summed E-state index contributed by atoms with van der Waals surface area (Å²) in [4.78, 5) is 31.7. The number of aryl methyl sites for hydroxylation is 1. The Morgan fingerprint density at radius 3 is 2.65 bits per heavy atom. The number of carboxylic acid groups (broad SMARTS) is 1. The van der Waals surface area contributed by atoms with E-state index in [2.05, 4.69) is 9.97 Å². The van der Waals surface area contributed by atoms with Crippen molar-refractivity contribution < 1.29 is 32.6 Å². The zero-order chi connectivity index (χ0) is 22.6. The first kappa shape index (κ1) is 23.5. The van der Waals surface area contributed by atoms with Crippen molar-refractivity contribution in [3.63, 3.8) is 0 Å². The van der Waals surface area contributed by atoms with E-state index in [4.69, 9.17) is 14.6 Å². The smallest absolute Gasteiger partial charge is 0.475 e. The summed E-state index contributed by atoms with van der Waals surface area (Å²) in [6.07, 6.45) is -3.83. The van der Waals surface area contributed by atoms with Gasteiger partial charge in [-0.15, -0.1) is 23.1 Å². The maximum absolute atomic E-state index is 12.3. The number of alkyl halides is 3. The zero-order valence-corrected chi connectivity index (χ0v) is 18.1. The van der Waals surface area contributed by atoms with E-state index in [1.165, 1.54) is 11.3 Å². The van der Waals surface area contributed by atoms with Crippen molar-refractivity contribution >= 4 is 35.0 Å². The van der Waals surface area contributed by atoms with Crippen LogP contribution in [0.5, 0.6) is 0 Å². The topological polar surface area (TPSA) is 92.6 Å². The number of nitrogens with zero attached hydrogens (tertiary/aromatic N) is 3. The first-order valence-electron chi connectivity index (χ1n) is 9.24. The monoisotopic (exact) mass is 475 g/mol. The van der Waals surface area contributed by atoms with Crippen LogP contribution in [0.4, 0.5) is 13.2 Å². The molecule has 2 aromatic rings. The number of aliphatic carboxylic acids is 1. The number of carboxylic acids is 1. The molecule has 31 heavy (non-hydrogen) atoms. The van der Waals surface area contributed by atoms with Crippen LogP contribution in [-0.2, 0) is 16.1 Å². The molecule has 0 aliphatic carbocycles. The van der Waals surface area contributed by atoms with Gasteiger partial charge in [0, 0.05) is 29.9 Å². The number of halogens is 3. The summed E-state index contributed by atoms with van der Waals surface area (Å²) < 4.78 is 38.0. The van der Waals surface area contributed by atoms with Gasteiger partial charge in [-0.25, -0.2) is 9.78 Å². The van der Waals surface area contributed by atoms with E-state index in [-0.39, 0.29) is 16.8 Å². The molecular weight excluding hydrogens is 455 g/mol. The molecule has 2 aliphatic heterocycles. The predicted octanol–water partition coefficient (Wildman–Crippen LogP) is 3.40. The summed E-state index contributed by atoms with van der Waals surface area (Å²) in [6, 6.07) is 6.01. The van der Waals surface area contributed by atoms with Gasteiger partial charge in [-0.05, 0) is 25.5 Å². The largest absolute Gasteiger partial charge is 0.490 e. The second-order valence-electron chi connectivity index (χ2n) is 7.24. The Balaban J connectivity index is 0.000000339. The number of thiazole rings is 1. The highest BCUT2D eigenvalue weighted by molar-refractivity contribution is 8.01. The fourth-order valence-corrected chi connectivity index (χ4v) is 5.36. The number of ether oxygens (including phenoxy) is 1. The number of carbonyl (C=O) groups excluding carboxylic acids is 1. The highest BCUT2D eigenvalue weighted by Gasteiger charge is 2.51. The van der Waals surface area contributed by atoms with Gasteiger partial charge in [0.15, 0.2) is 0 Å². The van der Waals surface area contributed by atoms with Crippen LogP contribution in [0.1, 0.15) is 28.3 Å². The highest BCUT2D eigenvalue weighted by Crippen LogP contribution is 2.46. The van der Waals surface area contributed by atoms with Crippen molar-refractivity contribution in [2.24, 2.45) is 0 Å². The minimum absolute atomic E-state index is 0.0517.